The molecule has 0 heterocycles. The van der Waals surface area contributed by atoms with Crippen LogP contribution in [-0.2, 0) is 98.2 Å². The minimum Gasteiger partial charge on any atom is -0.850 e. The molecule has 0 saturated carbocycles. The van der Waals surface area contributed by atoms with E-state index in [2.05, 4.69) is 118 Å². The van der Waals surface area contributed by atoms with Gasteiger partial charge in [-0.3, -0.25) is 0 Å². The van der Waals surface area contributed by atoms with Crippen molar-refractivity contribution in [2.45, 2.75) is 40.0 Å². The Morgan fingerprint density at radius 1 is 0.625 bits per heavy atom. The van der Waals surface area contributed by atoms with Gasteiger partial charge in [-0.2, -0.15) is 11.8 Å². The summed E-state index contributed by atoms with van der Waals surface area (Å²) in [5.74, 6) is 0. The van der Waals surface area contributed by atoms with Crippen LogP contribution in [0.4, 0.5) is 0 Å². The molecule has 0 fully saturated rings. The Bertz CT molecular complexity index is 849. The molecule has 0 N–H and O–H groups in total. The van der Waals surface area contributed by atoms with E-state index in [1.807, 2.05) is 0 Å². The van der Waals surface area contributed by atoms with E-state index in [1.165, 1.54) is 103 Å². The second kappa shape index (κ2) is 18.7. The standard InChI is InChI=1S/3C8H9.H3O2PS2.3Zn/c3*1-2-8-6-4-3-5-7-8;1-3(2,4)5;;;/h3*3-6H,2H2,1H3;(H3,1,2,4,5);;;/q;;;;3*+1/p-3. The largest absolute Gasteiger partial charge is 0.850 e. The van der Waals surface area contributed by atoms with Gasteiger partial charge in [0.1, 0.15) is 0 Å². The second-order valence-corrected chi connectivity index (χ2v) is 16.1. The summed E-state index contributed by atoms with van der Waals surface area (Å²) in [6, 6.07) is 25.9. The fraction of sp³-hybridized carbons (Fsp3) is 0.250. The summed E-state index contributed by atoms with van der Waals surface area (Å²) >= 11 is 11.1. The monoisotopic (exact) mass is 634 g/mol. The van der Waals surface area contributed by atoms with E-state index in [9.17, 15) is 9.79 Å². The fourth-order valence-electron chi connectivity index (χ4n) is 2.71. The number of benzene rings is 3. The van der Waals surface area contributed by atoms with E-state index in [-0.39, 0.29) is 0 Å². The van der Waals surface area contributed by atoms with Crippen molar-refractivity contribution < 1.29 is 64.7 Å². The predicted molar refractivity (Wildman–Crippen MR) is 128 cm³/mol. The fourth-order valence-corrected chi connectivity index (χ4v) is 5.88. The van der Waals surface area contributed by atoms with Crippen LogP contribution in [0.25, 0.3) is 0 Å². The molecular formula is C24H27O2PS2Zn3. The molecule has 0 aliphatic rings. The van der Waals surface area contributed by atoms with Gasteiger partial charge < -0.3 is 27.7 Å². The Hall–Kier alpha value is 0.450. The molecule has 0 spiro atoms. The van der Waals surface area contributed by atoms with Gasteiger partial charge in [0, 0.05) is 0 Å². The zero-order valence-electron chi connectivity index (χ0n) is 19.3. The van der Waals surface area contributed by atoms with Crippen LogP contribution in [0.2, 0.25) is 0 Å². The van der Waals surface area contributed by atoms with Crippen LogP contribution in [-0.4, -0.2) is 0 Å². The topological polar surface area (TPSA) is 46.1 Å². The Labute approximate surface area is 234 Å². The number of hydrogen-bond donors (Lipinski definition) is 0. The third-order valence-electron chi connectivity index (χ3n) is 4.50. The van der Waals surface area contributed by atoms with Gasteiger partial charge >= 0.3 is 197 Å². The number of aryl methyl sites for hydroxylation is 3. The maximum absolute atomic E-state index is 9.29. The molecule has 0 bridgehead atoms. The van der Waals surface area contributed by atoms with E-state index < -0.39 is 5.69 Å². The van der Waals surface area contributed by atoms with Crippen molar-refractivity contribution in [3.05, 3.63) is 89.5 Å². The summed E-state index contributed by atoms with van der Waals surface area (Å²) in [5.41, 5.74) is 0.812. The van der Waals surface area contributed by atoms with Crippen LogP contribution in [0.1, 0.15) is 37.5 Å². The van der Waals surface area contributed by atoms with E-state index in [1.54, 1.807) is 0 Å². The molecule has 0 aromatic heterocycles. The van der Waals surface area contributed by atoms with Gasteiger partial charge in [0.25, 0.3) is 0 Å². The molecule has 0 amide bonds. The SMILES string of the molecule is CCc1cccc[c]1[Zn+].CCc1cccc[c]1[Zn+].CCc1cccc[c]1[Zn+].[O-]P([O-])(=S)[S-]. The van der Waals surface area contributed by atoms with Gasteiger partial charge in [0.05, 0.1) is 0 Å². The minimum atomic E-state index is -3.72. The van der Waals surface area contributed by atoms with E-state index in [0.29, 0.717) is 0 Å². The average Bonchev–Trinajstić information content (AvgIpc) is 2.75. The van der Waals surface area contributed by atoms with Gasteiger partial charge in [-0.15, -0.1) is 0 Å². The molecule has 0 aliphatic carbocycles. The molecule has 0 unspecified atom stereocenters. The first-order valence-electron chi connectivity index (χ1n) is 10.5. The molecule has 0 atom stereocenters. The first-order valence-corrected chi connectivity index (χ1v) is 18.6. The first-order chi connectivity index (χ1) is 15.0. The zero-order chi connectivity index (χ0) is 24.6. The summed E-state index contributed by atoms with van der Waals surface area (Å²) < 4.78 is 4.58. The summed E-state index contributed by atoms with van der Waals surface area (Å²) in [6.45, 7) is 6.61. The van der Waals surface area contributed by atoms with Crippen molar-refractivity contribution in [2.24, 2.45) is 0 Å². The quantitative estimate of drug-likeness (QED) is 0.252. The summed E-state index contributed by atoms with van der Waals surface area (Å²) in [7, 11) is 0. The van der Waals surface area contributed by atoms with Gasteiger partial charge in [0.2, 0.25) is 0 Å². The average molecular weight is 639 g/mol. The third-order valence-corrected chi connectivity index (χ3v) is 8.84. The normalized spacial score (nSPS) is 10.0. The molecule has 158 valence electrons. The van der Waals surface area contributed by atoms with Crippen LogP contribution >= 0.6 is 5.69 Å². The Morgan fingerprint density at radius 3 is 0.938 bits per heavy atom. The zero-order valence-corrected chi connectivity index (χ0v) is 30.7. The van der Waals surface area contributed by atoms with Gasteiger partial charge in [-0.05, 0) is 0 Å². The van der Waals surface area contributed by atoms with Gasteiger partial charge in [0.15, 0.2) is 0 Å². The summed E-state index contributed by atoms with van der Waals surface area (Å²) in [4.78, 5) is 18.6. The van der Waals surface area contributed by atoms with Crippen LogP contribution in [0.3, 0.4) is 0 Å². The van der Waals surface area contributed by atoms with Crippen molar-refractivity contribution >= 4 is 42.2 Å². The molecule has 0 saturated heterocycles. The van der Waals surface area contributed by atoms with Crippen molar-refractivity contribution in [2.75, 3.05) is 0 Å². The Balaban J connectivity index is 0.000000410. The maximum Gasteiger partial charge on any atom is -0.160 e. The molecule has 3 aromatic carbocycles. The van der Waals surface area contributed by atoms with Crippen LogP contribution in [0, 0.1) is 0 Å². The van der Waals surface area contributed by atoms with E-state index in [4.69, 9.17) is 0 Å². The van der Waals surface area contributed by atoms with Crippen molar-refractivity contribution in [3.63, 3.8) is 0 Å². The van der Waals surface area contributed by atoms with Crippen LogP contribution in [0.15, 0.2) is 72.8 Å². The molecule has 2 nitrogen and oxygen atoms in total. The van der Waals surface area contributed by atoms with Crippen molar-refractivity contribution in [3.8, 4) is 0 Å². The number of rotatable bonds is 3. The molecular weight excluding hydrogens is 612 g/mol. The van der Waals surface area contributed by atoms with Crippen molar-refractivity contribution in [1.82, 2.24) is 0 Å². The molecule has 0 radical (unpaired) electrons. The number of hydrogen-bond acceptors (Lipinski definition) is 4. The van der Waals surface area contributed by atoms with Crippen molar-refractivity contribution in [1.29, 1.82) is 0 Å². The Morgan fingerprint density at radius 2 is 0.812 bits per heavy atom. The summed E-state index contributed by atoms with van der Waals surface area (Å²) in [5, 5.41) is 0. The van der Waals surface area contributed by atoms with E-state index >= 15 is 0 Å². The Kier molecular flexibility index (Phi) is 19.0. The molecule has 0 aliphatic heterocycles. The van der Waals surface area contributed by atoms with Crippen LogP contribution < -0.4 is 22.3 Å². The van der Waals surface area contributed by atoms with Gasteiger partial charge in [-0.1, -0.05) is 0 Å². The summed E-state index contributed by atoms with van der Waals surface area (Å²) in [6.07, 6.45) is 3.53. The minimum absolute atomic E-state index is 1.18. The maximum atomic E-state index is 9.29. The first kappa shape index (κ1) is 32.5. The smallest absolute Gasteiger partial charge is 0.160 e. The molecule has 3 rings (SSSR count). The predicted octanol–water partition coefficient (Wildman–Crippen LogP) is 2.74. The third kappa shape index (κ3) is 17.0. The van der Waals surface area contributed by atoms with Crippen LogP contribution in [0.5, 0.6) is 0 Å². The molecule has 8 heteroatoms. The second-order valence-electron chi connectivity index (χ2n) is 6.81. The van der Waals surface area contributed by atoms with Gasteiger partial charge in [-0.25, -0.2) is 0 Å². The van der Waals surface area contributed by atoms with E-state index in [0.717, 1.165) is 0 Å². The molecule has 3 aromatic rings. The molecule has 32 heavy (non-hydrogen) atoms.